The smallest absolute Gasteiger partial charge is 0.195 e. The molecular formula is C32H26O. The highest BCUT2D eigenvalue weighted by Gasteiger charge is 2.35. The third kappa shape index (κ3) is 4.53. The van der Waals surface area contributed by atoms with Gasteiger partial charge >= 0.3 is 0 Å². The summed E-state index contributed by atoms with van der Waals surface area (Å²) in [7, 11) is 0. The van der Waals surface area contributed by atoms with Crippen molar-refractivity contribution >= 4 is 28.1 Å². The minimum atomic E-state index is 0.0742. The molecule has 1 aliphatic carbocycles. The monoisotopic (exact) mass is 426 g/mol. The van der Waals surface area contributed by atoms with Crippen LogP contribution in [0.25, 0.3) is 22.3 Å². The number of allylic oxidation sites excluding steroid dienone is 5. The standard InChI is InChI=1S/C29H20O.C3H6/c30-29-27(23-17-9-3-10-18-23)25(21-13-5-1-6-14-21)26(22-15-7-2-8-16-22)28(29)24-19-11-4-12-20-24;1-3-2/h1-20H;3H,1H2,2H3. The highest BCUT2D eigenvalue weighted by molar-refractivity contribution is 6.59. The van der Waals surface area contributed by atoms with E-state index in [1.165, 1.54) is 0 Å². The molecule has 0 saturated heterocycles. The highest BCUT2D eigenvalue weighted by atomic mass is 16.1. The fourth-order valence-electron chi connectivity index (χ4n) is 4.15. The lowest BCUT2D eigenvalue weighted by molar-refractivity contribution is -0.108. The first-order valence-electron chi connectivity index (χ1n) is 11.1. The van der Waals surface area contributed by atoms with Crippen molar-refractivity contribution in [3.05, 3.63) is 156 Å². The Balaban J connectivity index is 0.000000821. The van der Waals surface area contributed by atoms with Crippen LogP contribution >= 0.6 is 0 Å². The van der Waals surface area contributed by atoms with Crippen LogP contribution in [0.1, 0.15) is 29.2 Å². The first kappa shape index (κ1) is 22.0. The summed E-state index contributed by atoms with van der Waals surface area (Å²) in [4.78, 5) is 14.0. The van der Waals surface area contributed by atoms with Gasteiger partial charge in [0.25, 0.3) is 0 Å². The van der Waals surface area contributed by atoms with Gasteiger partial charge in [0.1, 0.15) is 0 Å². The average Bonchev–Trinajstić information content (AvgIpc) is 3.19. The van der Waals surface area contributed by atoms with Crippen LogP contribution in [-0.2, 0) is 4.79 Å². The fraction of sp³-hybridized carbons (Fsp3) is 0.0312. The van der Waals surface area contributed by atoms with E-state index >= 15 is 0 Å². The SMILES string of the molecule is C=CC.O=C1C(c2ccccc2)=C(c2ccccc2)C(c2ccccc2)=C1c1ccccc1. The summed E-state index contributed by atoms with van der Waals surface area (Å²) < 4.78 is 0. The average molecular weight is 427 g/mol. The number of carbonyl (C=O) groups excluding carboxylic acids is 1. The molecule has 0 unspecified atom stereocenters. The molecule has 4 aromatic carbocycles. The quantitative estimate of drug-likeness (QED) is 0.302. The van der Waals surface area contributed by atoms with Crippen molar-refractivity contribution in [1.82, 2.24) is 0 Å². The number of ketones is 1. The third-order valence-corrected chi connectivity index (χ3v) is 5.45. The van der Waals surface area contributed by atoms with Crippen LogP contribution < -0.4 is 0 Å². The number of benzene rings is 4. The van der Waals surface area contributed by atoms with Crippen LogP contribution in [0.15, 0.2) is 134 Å². The number of hydrogen-bond donors (Lipinski definition) is 0. The lowest BCUT2D eigenvalue weighted by atomic mass is 9.89. The molecule has 0 saturated carbocycles. The number of hydrogen-bond acceptors (Lipinski definition) is 1. The Kier molecular flexibility index (Phi) is 6.92. The van der Waals surface area contributed by atoms with Crippen LogP contribution in [0.4, 0.5) is 0 Å². The van der Waals surface area contributed by atoms with E-state index in [0.29, 0.717) is 0 Å². The van der Waals surface area contributed by atoms with E-state index in [0.717, 1.165) is 44.5 Å². The second-order valence-corrected chi connectivity index (χ2v) is 7.70. The summed E-state index contributed by atoms with van der Waals surface area (Å²) in [5, 5.41) is 0. The van der Waals surface area contributed by atoms with Crippen LogP contribution in [0, 0.1) is 0 Å². The lowest BCUT2D eigenvalue weighted by Gasteiger charge is -2.13. The molecule has 0 atom stereocenters. The van der Waals surface area contributed by atoms with Crippen LogP contribution in [0.2, 0.25) is 0 Å². The summed E-state index contributed by atoms with van der Waals surface area (Å²) in [6.45, 7) is 5.25. The van der Waals surface area contributed by atoms with Gasteiger partial charge in [-0.05, 0) is 29.2 Å². The zero-order valence-electron chi connectivity index (χ0n) is 18.7. The number of rotatable bonds is 4. The van der Waals surface area contributed by atoms with Gasteiger partial charge in [0, 0.05) is 22.3 Å². The molecule has 1 heteroatoms. The Morgan fingerprint density at radius 3 is 0.909 bits per heavy atom. The van der Waals surface area contributed by atoms with Crippen molar-refractivity contribution in [2.24, 2.45) is 0 Å². The maximum absolute atomic E-state index is 14.0. The predicted molar refractivity (Wildman–Crippen MR) is 140 cm³/mol. The van der Waals surface area contributed by atoms with Crippen molar-refractivity contribution in [1.29, 1.82) is 0 Å². The van der Waals surface area contributed by atoms with E-state index in [2.05, 4.69) is 30.8 Å². The molecule has 4 aromatic rings. The lowest BCUT2D eigenvalue weighted by Crippen LogP contribution is -2.01. The molecule has 5 rings (SSSR count). The van der Waals surface area contributed by atoms with Gasteiger partial charge < -0.3 is 0 Å². The molecule has 160 valence electrons. The maximum atomic E-state index is 14.0. The Hall–Kier alpha value is -4.23. The first-order chi connectivity index (χ1) is 16.3. The van der Waals surface area contributed by atoms with Gasteiger partial charge in [-0.25, -0.2) is 0 Å². The van der Waals surface area contributed by atoms with E-state index in [4.69, 9.17) is 0 Å². The van der Waals surface area contributed by atoms with Gasteiger partial charge in [-0.1, -0.05) is 127 Å². The molecule has 0 amide bonds. The van der Waals surface area contributed by atoms with E-state index in [1.807, 2.05) is 104 Å². The van der Waals surface area contributed by atoms with Crippen LogP contribution in [-0.4, -0.2) is 5.78 Å². The van der Waals surface area contributed by atoms with Gasteiger partial charge in [0.05, 0.1) is 0 Å². The minimum Gasteiger partial charge on any atom is -0.289 e. The normalized spacial score (nSPS) is 12.9. The molecule has 1 aliphatic rings. The molecule has 0 aliphatic heterocycles. The molecule has 0 N–H and O–H groups in total. The van der Waals surface area contributed by atoms with Crippen molar-refractivity contribution < 1.29 is 4.79 Å². The van der Waals surface area contributed by atoms with Gasteiger partial charge in [0.2, 0.25) is 0 Å². The molecule has 0 radical (unpaired) electrons. The van der Waals surface area contributed by atoms with Gasteiger partial charge in [-0.2, -0.15) is 0 Å². The van der Waals surface area contributed by atoms with E-state index in [9.17, 15) is 4.79 Å². The Bertz CT molecular complexity index is 1200. The van der Waals surface area contributed by atoms with Crippen LogP contribution in [0.5, 0.6) is 0 Å². The largest absolute Gasteiger partial charge is 0.289 e. The summed E-state index contributed by atoms with van der Waals surface area (Å²) in [6.07, 6.45) is 1.75. The van der Waals surface area contributed by atoms with E-state index < -0.39 is 0 Å². The number of carbonyl (C=O) groups is 1. The molecule has 33 heavy (non-hydrogen) atoms. The summed E-state index contributed by atoms with van der Waals surface area (Å²) in [5.74, 6) is 0.0742. The first-order valence-corrected chi connectivity index (χ1v) is 11.1. The summed E-state index contributed by atoms with van der Waals surface area (Å²) in [6, 6.07) is 40.5. The summed E-state index contributed by atoms with van der Waals surface area (Å²) >= 11 is 0. The summed E-state index contributed by atoms with van der Waals surface area (Å²) in [5.41, 5.74) is 7.51. The Morgan fingerprint density at radius 1 is 0.455 bits per heavy atom. The van der Waals surface area contributed by atoms with E-state index in [1.54, 1.807) is 6.08 Å². The zero-order chi connectivity index (χ0) is 23.0. The second-order valence-electron chi connectivity index (χ2n) is 7.70. The highest BCUT2D eigenvalue weighted by Crippen LogP contribution is 2.49. The Labute approximate surface area is 196 Å². The van der Waals surface area contributed by atoms with Gasteiger partial charge in [-0.15, -0.1) is 6.58 Å². The molecule has 0 spiro atoms. The molecule has 0 fully saturated rings. The number of Topliss-reactive ketones (excluding diaryl/α,β-unsaturated/α-hetero) is 1. The molecule has 1 nitrogen and oxygen atoms in total. The fourth-order valence-corrected chi connectivity index (χ4v) is 4.15. The van der Waals surface area contributed by atoms with E-state index in [-0.39, 0.29) is 5.78 Å². The third-order valence-electron chi connectivity index (χ3n) is 5.45. The zero-order valence-corrected chi connectivity index (χ0v) is 18.7. The molecular weight excluding hydrogens is 400 g/mol. The van der Waals surface area contributed by atoms with Crippen LogP contribution in [0.3, 0.4) is 0 Å². The predicted octanol–water partition coefficient (Wildman–Crippen LogP) is 7.98. The molecule has 0 bridgehead atoms. The minimum absolute atomic E-state index is 0.0742. The second kappa shape index (κ2) is 10.4. The topological polar surface area (TPSA) is 17.1 Å². The van der Waals surface area contributed by atoms with Gasteiger partial charge in [0.15, 0.2) is 5.78 Å². The molecule has 0 heterocycles. The maximum Gasteiger partial charge on any atom is 0.195 e. The van der Waals surface area contributed by atoms with Crippen molar-refractivity contribution in [2.75, 3.05) is 0 Å². The van der Waals surface area contributed by atoms with Crippen molar-refractivity contribution in [3.8, 4) is 0 Å². The van der Waals surface area contributed by atoms with Crippen molar-refractivity contribution in [3.63, 3.8) is 0 Å². The Morgan fingerprint density at radius 2 is 0.667 bits per heavy atom. The van der Waals surface area contributed by atoms with Gasteiger partial charge in [-0.3, -0.25) is 4.79 Å². The molecule has 0 aromatic heterocycles. The van der Waals surface area contributed by atoms with Crippen molar-refractivity contribution in [2.45, 2.75) is 6.92 Å².